The summed E-state index contributed by atoms with van der Waals surface area (Å²) in [5.41, 5.74) is 0. The quantitative estimate of drug-likeness (QED) is 0.394. The van der Waals surface area contributed by atoms with Gasteiger partial charge in [0, 0.05) is 13.6 Å². The van der Waals surface area contributed by atoms with Crippen molar-refractivity contribution in [1.82, 2.24) is 15.5 Å². The summed E-state index contributed by atoms with van der Waals surface area (Å²) in [6.45, 7) is 7.31. The normalized spacial score (nSPS) is 17.1. The molecule has 0 amide bonds. The molecule has 6 heteroatoms. The summed E-state index contributed by atoms with van der Waals surface area (Å²) in [4.78, 5) is 6.89. The average Bonchev–Trinajstić information content (AvgIpc) is 2.96. The number of rotatable bonds is 9. The van der Waals surface area contributed by atoms with Gasteiger partial charge in [0.25, 0.3) is 0 Å². The minimum Gasteiger partial charge on any atom is -0.493 e. The Balaban J connectivity index is 1.64. The predicted molar refractivity (Wildman–Crippen MR) is 112 cm³/mol. The van der Waals surface area contributed by atoms with E-state index in [0.29, 0.717) is 6.54 Å². The van der Waals surface area contributed by atoms with Crippen LogP contribution in [0.15, 0.2) is 29.3 Å². The van der Waals surface area contributed by atoms with Crippen molar-refractivity contribution in [3.05, 3.63) is 24.3 Å². The second-order valence-corrected chi connectivity index (χ2v) is 7.07. The Labute approximate surface area is 164 Å². The molecule has 2 N–H and O–H groups in total. The van der Waals surface area contributed by atoms with Crippen LogP contribution < -0.4 is 20.1 Å². The summed E-state index contributed by atoms with van der Waals surface area (Å²) in [7, 11) is 3.46. The van der Waals surface area contributed by atoms with E-state index in [2.05, 4.69) is 20.5 Å². The lowest BCUT2D eigenvalue weighted by atomic mass is 10.2. The second-order valence-electron chi connectivity index (χ2n) is 7.07. The maximum Gasteiger partial charge on any atom is 0.191 e. The molecule has 0 aromatic heterocycles. The summed E-state index contributed by atoms with van der Waals surface area (Å²) in [6.07, 6.45) is 6.60. The molecule has 1 aromatic rings. The van der Waals surface area contributed by atoms with E-state index in [0.717, 1.165) is 37.0 Å². The van der Waals surface area contributed by atoms with Gasteiger partial charge in [0.1, 0.15) is 6.10 Å². The van der Waals surface area contributed by atoms with E-state index in [4.69, 9.17) is 9.47 Å². The first-order valence-corrected chi connectivity index (χ1v) is 10.2. The van der Waals surface area contributed by atoms with Gasteiger partial charge in [0.15, 0.2) is 17.5 Å². The van der Waals surface area contributed by atoms with Crippen molar-refractivity contribution in [2.24, 2.45) is 4.99 Å². The Kier molecular flexibility index (Phi) is 9.84. The fourth-order valence-corrected chi connectivity index (χ4v) is 3.30. The number of nitrogens with one attached hydrogen (secondary N) is 2. The van der Waals surface area contributed by atoms with Gasteiger partial charge in [-0.1, -0.05) is 25.0 Å². The molecule has 1 heterocycles. The lowest BCUT2D eigenvalue weighted by Crippen LogP contribution is -2.42. The van der Waals surface area contributed by atoms with Crippen LogP contribution in [0.5, 0.6) is 11.5 Å². The van der Waals surface area contributed by atoms with Gasteiger partial charge in [-0.3, -0.25) is 4.99 Å². The largest absolute Gasteiger partial charge is 0.493 e. The number of nitrogens with zero attached hydrogens (tertiary/aromatic N) is 2. The predicted octanol–water partition coefficient (Wildman–Crippen LogP) is 2.89. The van der Waals surface area contributed by atoms with Crippen molar-refractivity contribution in [1.29, 1.82) is 0 Å². The molecular formula is C21H36N4O2. The summed E-state index contributed by atoms with van der Waals surface area (Å²) in [5, 5.41) is 6.73. The van der Waals surface area contributed by atoms with Crippen LogP contribution >= 0.6 is 0 Å². The average molecular weight is 377 g/mol. The molecule has 0 aliphatic carbocycles. The molecule has 1 saturated heterocycles. The van der Waals surface area contributed by atoms with Gasteiger partial charge < -0.3 is 25.0 Å². The van der Waals surface area contributed by atoms with Crippen LogP contribution in [0.4, 0.5) is 0 Å². The highest BCUT2D eigenvalue weighted by Crippen LogP contribution is 2.26. The number of hydrogen-bond donors (Lipinski definition) is 2. The molecular weight excluding hydrogens is 340 g/mol. The van der Waals surface area contributed by atoms with E-state index >= 15 is 0 Å². The maximum absolute atomic E-state index is 5.97. The Morgan fingerprint density at radius 2 is 1.81 bits per heavy atom. The minimum absolute atomic E-state index is 0.00282. The smallest absolute Gasteiger partial charge is 0.191 e. The lowest BCUT2D eigenvalue weighted by molar-refractivity contribution is 0.213. The van der Waals surface area contributed by atoms with Crippen LogP contribution in [0.2, 0.25) is 0 Å². The first-order valence-electron chi connectivity index (χ1n) is 10.2. The molecule has 0 radical (unpaired) electrons. The molecule has 27 heavy (non-hydrogen) atoms. The number of methoxy groups -OCH3 is 1. The zero-order valence-corrected chi connectivity index (χ0v) is 17.2. The fourth-order valence-electron chi connectivity index (χ4n) is 3.30. The second kappa shape index (κ2) is 12.4. The molecule has 1 aromatic carbocycles. The van der Waals surface area contributed by atoms with E-state index < -0.39 is 0 Å². The van der Waals surface area contributed by atoms with Crippen molar-refractivity contribution >= 4 is 5.96 Å². The SMILES string of the molecule is CN=C(NCCCN1CCCCCC1)NCC(C)Oc1ccccc1OC. The molecule has 0 spiro atoms. The molecule has 6 nitrogen and oxygen atoms in total. The van der Waals surface area contributed by atoms with E-state index in [1.54, 1.807) is 14.2 Å². The first kappa shape index (κ1) is 21.4. The molecule has 1 aliphatic rings. The molecule has 0 bridgehead atoms. The van der Waals surface area contributed by atoms with Gasteiger partial charge in [-0.2, -0.15) is 0 Å². The number of benzene rings is 1. The molecule has 0 saturated carbocycles. The van der Waals surface area contributed by atoms with Crippen LogP contribution in [0.25, 0.3) is 0 Å². The van der Waals surface area contributed by atoms with E-state index in [9.17, 15) is 0 Å². The standard InChI is InChI=1S/C21H36N4O2/c1-18(27-20-12-7-6-11-19(20)26-3)17-24-21(22-2)23-13-10-16-25-14-8-4-5-9-15-25/h6-7,11-12,18H,4-5,8-10,13-17H2,1-3H3,(H2,22,23,24). The third kappa shape index (κ3) is 8.08. The number of ether oxygens (including phenoxy) is 2. The van der Waals surface area contributed by atoms with Crippen LogP contribution in [0.3, 0.4) is 0 Å². The molecule has 152 valence electrons. The third-order valence-corrected chi connectivity index (χ3v) is 4.82. The fraction of sp³-hybridized carbons (Fsp3) is 0.667. The summed E-state index contributed by atoms with van der Waals surface area (Å²) in [6, 6.07) is 7.71. The van der Waals surface area contributed by atoms with Gasteiger partial charge in [-0.05, 0) is 58.0 Å². The van der Waals surface area contributed by atoms with Crippen molar-refractivity contribution in [3.63, 3.8) is 0 Å². The lowest BCUT2D eigenvalue weighted by Gasteiger charge is -2.21. The van der Waals surface area contributed by atoms with E-state index in [-0.39, 0.29) is 6.10 Å². The third-order valence-electron chi connectivity index (χ3n) is 4.82. The van der Waals surface area contributed by atoms with Crippen LogP contribution in [-0.2, 0) is 0 Å². The van der Waals surface area contributed by atoms with E-state index in [1.807, 2.05) is 31.2 Å². The summed E-state index contributed by atoms with van der Waals surface area (Å²) >= 11 is 0. The molecule has 2 rings (SSSR count). The van der Waals surface area contributed by atoms with Crippen LogP contribution in [0.1, 0.15) is 39.0 Å². The topological polar surface area (TPSA) is 58.1 Å². The first-order chi connectivity index (χ1) is 13.2. The van der Waals surface area contributed by atoms with Gasteiger partial charge in [0.2, 0.25) is 0 Å². The van der Waals surface area contributed by atoms with Crippen LogP contribution in [0, 0.1) is 0 Å². The Bertz CT molecular complexity index is 557. The van der Waals surface area contributed by atoms with E-state index in [1.165, 1.54) is 38.8 Å². The molecule has 1 fully saturated rings. The van der Waals surface area contributed by atoms with Gasteiger partial charge in [-0.15, -0.1) is 0 Å². The minimum atomic E-state index is -0.00282. The number of likely N-dealkylation sites (tertiary alicyclic amines) is 1. The van der Waals surface area contributed by atoms with Crippen molar-refractivity contribution in [2.45, 2.75) is 45.1 Å². The van der Waals surface area contributed by atoms with Crippen LogP contribution in [-0.4, -0.2) is 63.8 Å². The number of guanidine groups is 1. The van der Waals surface area contributed by atoms with Gasteiger partial charge in [-0.25, -0.2) is 0 Å². The van der Waals surface area contributed by atoms with Crippen molar-refractivity contribution < 1.29 is 9.47 Å². The Hall–Kier alpha value is -1.95. The Morgan fingerprint density at radius 3 is 2.48 bits per heavy atom. The summed E-state index contributed by atoms with van der Waals surface area (Å²) < 4.78 is 11.3. The highest BCUT2D eigenvalue weighted by atomic mass is 16.5. The molecule has 1 aliphatic heterocycles. The zero-order chi connectivity index (χ0) is 19.3. The van der Waals surface area contributed by atoms with Gasteiger partial charge >= 0.3 is 0 Å². The summed E-state index contributed by atoms with van der Waals surface area (Å²) in [5.74, 6) is 2.33. The van der Waals surface area contributed by atoms with Crippen molar-refractivity contribution in [2.75, 3.05) is 46.9 Å². The maximum atomic E-state index is 5.97. The number of hydrogen-bond acceptors (Lipinski definition) is 4. The monoisotopic (exact) mass is 376 g/mol. The highest BCUT2D eigenvalue weighted by molar-refractivity contribution is 5.79. The van der Waals surface area contributed by atoms with Crippen molar-refractivity contribution in [3.8, 4) is 11.5 Å². The molecule has 1 unspecified atom stereocenters. The number of aliphatic imine (C=N–C) groups is 1. The number of para-hydroxylation sites is 2. The van der Waals surface area contributed by atoms with Gasteiger partial charge in [0.05, 0.1) is 13.7 Å². The zero-order valence-electron chi connectivity index (χ0n) is 17.2. The highest BCUT2D eigenvalue weighted by Gasteiger charge is 2.10. The Morgan fingerprint density at radius 1 is 1.11 bits per heavy atom. The molecule has 1 atom stereocenters.